The van der Waals surface area contributed by atoms with Gasteiger partial charge in [-0.2, -0.15) is 0 Å². The van der Waals surface area contributed by atoms with Crippen LogP contribution in [-0.2, 0) is 17.6 Å². The predicted octanol–water partition coefficient (Wildman–Crippen LogP) is 4.07. The number of esters is 1. The van der Waals surface area contributed by atoms with Gasteiger partial charge in [0.15, 0.2) is 11.5 Å². The molecule has 0 aliphatic rings. The van der Waals surface area contributed by atoms with Crippen molar-refractivity contribution < 1.29 is 28.5 Å². The van der Waals surface area contributed by atoms with Gasteiger partial charge in [-0.25, -0.2) is 4.79 Å². The number of rotatable bonds is 10. The van der Waals surface area contributed by atoms with E-state index in [9.17, 15) is 4.79 Å². The molecule has 0 saturated carbocycles. The minimum absolute atomic E-state index is 0.352. The Kier molecular flexibility index (Phi) is 7.99. The van der Waals surface area contributed by atoms with Crippen LogP contribution in [0.1, 0.15) is 34.8 Å². The van der Waals surface area contributed by atoms with E-state index in [2.05, 4.69) is 0 Å². The highest BCUT2D eigenvalue weighted by Crippen LogP contribution is 2.42. The zero-order valence-corrected chi connectivity index (χ0v) is 17.2. The molecule has 0 atom stereocenters. The number of ether oxygens (including phenoxy) is 5. The van der Waals surface area contributed by atoms with E-state index in [1.807, 2.05) is 31.2 Å². The molecule has 0 aromatic heterocycles. The lowest BCUT2D eigenvalue weighted by atomic mass is 9.97. The molecule has 0 saturated heterocycles. The van der Waals surface area contributed by atoms with Gasteiger partial charge in [0.1, 0.15) is 5.75 Å². The topological polar surface area (TPSA) is 63.2 Å². The lowest BCUT2D eigenvalue weighted by molar-refractivity contribution is 0.0502. The minimum atomic E-state index is -0.401. The standard InChI is InChI=1S/C22H28O6/c1-6-12-28-22(23)18-14-19(25-3)21(27-5)20(26-4)17(18)11-10-15-8-7-9-16(13-15)24-2/h7-9,13-14H,6,10-12H2,1-5H3. The van der Waals surface area contributed by atoms with E-state index in [0.29, 0.717) is 42.3 Å². The number of carbonyl (C=O) groups excluding carboxylic acids is 1. The monoisotopic (exact) mass is 388 g/mol. The van der Waals surface area contributed by atoms with Crippen molar-refractivity contribution >= 4 is 5.97 Å². The molecule has 2 aromatic rings. The number of aryl methyl sites for hydroxylation is 1. The minimum Gasteiger partial charge on any atom is -0.497 e. The van der Waals surface area contributed by atoms with Crippen LogP contribution in [0.2, 0.25) is 0 Å². The average molecular weight is 388 g/mol. The Morgan fingerprint density at radius 2 is 1.64 bits per heavy atom. The van der Waals surface area contributed by atoms with E-state index in [1.54, 1.807) is 27.4 Å². The SMILES string of the molecule is CCCOC(=O)c1cc(OC)c(OC)c(OC)c1CCc1cccc(OC)c1. The van der Waals surface area contributed by atoms with Gasteiger partial charge in [-0.1, -0.05) is 19.1 Å². The van der Waals surface area contributed by atoms with Crippen molar-refractivity contribution in [3.63, 3.8) is 0 Å². The zero-order valence-electron chi connectivity index (χ0n) is 17.2. The fourth-order valence-corrected chi connectivity index (χ4v) is 3.02. The van der Waals surface area contributed by atoms with Crippen molar-refractivity contribution in [3.05, 3.63) is 47.0 Å². The maximum absolute atomic E-state index is 12.7. The molecular formula is C22H28O6. The van der Waals surface area contributed by atoms with Crippen LogP contribution in [-0.4, -0.2) is 41.0 Å². The van der Waals surface area contributed by atoms with Crippen molar-refractivity contribution in [3.8, 4) is 23.0 Å². The molecule has 0 amide bonds. The van der Waals surface area contributed by atoms with Crippen LogP contribution in [0.15, 0.2) is 30.3 Å². The molecular weight excluding hydrogens is 360 g/mol. The van der Waals surface area contributed by atoms with Gasteiger partial charge in [0.2, 0.25) is 5.75 Å². The molecule has 0 aliphatic heterocycles. The summed E-state index contributed by atoms with van der Waals surface area (Å²) in [5.74, 6) is 1.75. The van der Waals surface area contributed by atoms with E-state index in [0.717, 1.165) is 23.3 Å². The van der Waals surface area contributed by atoms with Gasteiger partial charge in [-0.3, -0.25) is 0 Å². The van der Waals surface area contributed by atoms with E-state index in [-0.39, 0.29) is 0 Å². The molecule has 6 nitrogen and oxygen atoms in total. The maximum Gasteiger partial charge on any atom is 0.338 e. The Morgan fingerprint density at radius 3 is 2.25 bits per heavy atom. The summed E-state index contributed by atoms with van der Waals surface area (Å²) in [5, 5.41) is 0. The van der Waals surface area contributed by atoms with Gasteiger partial charge in [-0.15, -0.1) is 0 Å². The summed E-state index contributed by atoms with van der Waals surface area (Å²) in [4.78, 5) is 12.7. The van der Waals surface area contributed by atoms with Gasteiger partial charge in [0.25, 0.3) is 0 Å². The summed E-state index contributed by atoms with van der Waals surface area (Å²) in [6.45, 7) is 2.30. The van der Waals surface area contributed by atoms with Crippen molar-refractivity contribution in [2.45, 2.75) is 26.2 Å². The van der Waals surface area contributed by atoms with Crippen molar-refractivity contribution in [2.75, 3.05) is 35.0 Å². The summed E-state index contributed by atoms with van der Waals surface area (Å²) in [6, 6.07) is 9.48. The van der Waals surface area contributed by atoms with Gasteiger partial charge < -0.3 is 23.7 Å². The van der Waals surface area contributed by atoms with Crippen molar-refractivity contribution in [1.82, 2.24) is 0 Å². The summed E-state index contributed by atoms with van der Waals surface area (Å²) in [7, 11) is 6.25. The first-order chi connectivity index (χ1) is 13.6. The van der Waals surface area contributed by atoms with E-state index in [4.69, 9.17) is 23.7 Å². The summed E-state index contributed by atoms with van der Waals surface area (Å²) < 4.78 is 27.1. The first kappa shape index (κ1) is 21.4. The lowest BCUT2D eigenvalue weighted by Gasteiger charge is -2.19. The smallest absolute Gasteiger partial charge is 0.338 e. The quantitative estimate of drug-likeness (QED) is 0.572. The molecule has 0 radical (unpaired) electrons. The maximum atomic E-state index is 12.7. The second kappa shape index (κ2) is 10.4. The Morgan fingerprint density at radius 1 is 0.893 bits per heavy atom. The predicted molar refractivity (Wildman–Crippen MR) is 107 cm³/mol. The molecule has 0 heterocycles. The van der Waals surface area contributed by atoms with Crippen molar-refractivity contribution in [1.29, 1.82) is 0 Å². The largest absolute Gasteiger partial charge is 0.497 e. The van der Waals surface area contributed by atoms with Gasteiger partial charge in [-0.05, 0) is 43.0 Å². The molecule has 0 fully saturated rings. The highest BCUT2D eigenvalue weighted by molar-refractivity contribution is 5.93. The van der Waals surface area contributed by atoms with Crippen LogP contribution in [0, 0.1) is 0 Å². The Balaban J connectivity index is 2.46. The van der Waals surface area contributed by atoms with Crippen LogP contribution in [0.25, 0.3) is 0 Å². The number of benzene rings is 2. The third-order valence-corrected chi connectivity index (χ3v) is 4.39. The van der Waals surface area contributed by atoms with Crippen molar-refractivity contribution in [2.24, 2.45) is 0 Å². The lowest BCUT2D eigenvalue weighted by Crippen LogP contribution is -2.12. The molecule has 0 aliphatic carbocycles. The van der Waals surface area contributed by atoms with Gasteiger partial charge in [0.05, 0.1) is 40.6 Å². The molecule has 28 heavy (non-hydrogen) atoms. The van der Waals surface area contributed by atoms with E-state index in [1.165, 1.54) is 7.11 Å². The summed E-state index contributed by atoms with van der Waals surface area (Å²) >= 11 is 0. The number of methoxy groups -OCH3 is 4. The first-order valence-corrected chi connectivity index (χ1v) is 9.21. The number of carbonyl (C=O) groups is 1. The van der Waals surface area contributed by atoms with E-state index >= 15 is 0 Å². The molecule has 152 valence electrons. The summed E-state index contributed by atoms with van der Waals surface area (Å²) in [6.07, 6.45) is 2.00. The van der Waals surface area contributed by atoms with Gasteiger partial charge >= 0.3 is 5.97 Å². The Hall–Kier alpha value is -2.89. The molecule has 0 spiro atoms. The molecule has 2 rings (SSSR count). The van der Waals surface area contributed by atoms with Crippen LogP contribution in [0.3, 0.4) is 0 Å². The van der Waals surface area contributed by atoms with Gasteiger partial charge in [0, 0.05) is 5.56 Å². The van der Waals surface area contributed by atoms with Crippen LogP contribution in [0.5, 0.6) is 23.0 Å². The molecule has 2 aromatic carbocycles. The second-order valence-corrected chi connectivity index (χ2v) is 6.16. The fourth-order valence-electron chi connectivity index (χ4n) is 3.02. The Bertz CT molecular complexity index is 800. The van der Waals surface area contributed by atoms with Crippen LogP contribution < -0.4 is 18.9 Å². The normalized spacial score (nSPS) is 10.3. The molecule has 0 unspecified atom stereocenters. The number of hydrogen-bond donors (Lipinski definition) is 0. The average Bonchev–Trinajstić information content (AvgIpc) is 2.74. The third-order valence-electron chi connectivity index (χ3n) is 4.39. The highest BCUT2D eigenvalue weighted by Gasteiger charge is 2.25. The van der Waals surface area contributed by atoms with Crippen LogP contribution >= 0.6 is 0 Å². The Labute approximate surface area is 166 Å². The first-order valence-electron chi connectivity index (χ1n) is 9.21. The third kappa shape index (κ3) is 4.88. The molecule has 0 N–H and O–H groups in total. The van der Waals surface area contributed by atoms with E-state index < -0.39 is 5.97 Å². The summed E-state index contributed by atoms with van der Waals surface area (Å²) in [5.41, 5.74) is 2.24. The highest BCUT2D eigenvalue weighted by atomic mass is 16.5. The van der Waals surface area contributed by atoms with Crippen LogP contribution in [0.4, 0.5) is 0 Å². The molecule has 6 heteroatoms. The number of hydrogen-bond acceptors (Lipinski definition) is 6. The second-order valence-electron chi connectivity index (χ2n) is 6.16. The fraction of sp³-hybridized carbons (Fsp3) is 0.409. The zero-order chi connectivity index (χ0) is 20.5. The molecule has 0 bridgehead atoms.